The van der Waals surface area contributed by atoms with Crippen LogP contribution in [-0.4, -0.2) is 35.5 Å². The highest BCUT2D eigenvalue weighted by Crippen LogP contribution is 2.26. The van der Waals surface area contributed by atoms with Crippen LogP contribution in [0.3, 0.4) is 0 Å². The summed E-state index contributed by atoms with van der Waals surface area (Å²) >= 11 is 2.16. The fourth-order valence-electron chi connectivity index (χ4n) is 2.57. The van der Waals surface area contributed by atoms with Crippen molar-refractivity contribution in [3.8, 4) is 0 Å². The Balaban J connectivity index is 1.93. The fourth-order valence-corrected chi connectivity index (χ4v) is 3.23. The number of rotatable bonds is 5. The molecular weight excluding hydrogens is 369 g/mol. The molecule has 6 heteroatoms. The van der Waals surface area contributed by atoms with Crippen LogP contribution in [-0.2, 0) is 0 Å². The van der Waals surface area contributed by atoms with E-state index < -0.39 is 0 Å². The molecule has 0 atom stereocenters. The lowest BCUT2D eigenvalue weighted by molar-refractivity contribution is -0.384. The lowest BCUT2D eigenvalue weighted by Crippen LogP contribution is -2.39. The Kier molecular flexibility index (Phi) is 5.59. The van der Waals surface area contributed by atoms with Gasteiger partial charge in [-0.15, -0.1) is 0 Å². The molecule has 0 aromatic heterocycles. The molecule has 0 spiro atoms. The minimum atomic E-state index is -0.352. The number of piperidine rings is 1. The molecule has 2 rings (SSSR count). The van der Waals surface area contributed by atoms with Crippen molar-refractivity contribution in [1.82, 2.24) is 4.90 Å². The zero-order chi connectivity index (χ0) is 14.5. The van der Waals surface area contributed by atoms with E-state index in [1.165, 1.54) is 13.0 Å². The van der Waals surface area contributed by atoms with Crippen molar-refractivity contribution in [2.45, 2.75) is 32.2 Å². The standard InChI is InChI=1S/C14H20IN3O2/c1-2-7-17-8-5-11(6-9-17)16-14-4-3-12(18(19)20)10-13(14)15/h3-4,10-11,16H,2,5-9H2,1H3. The summed E-state index contributed by atoms with van der Waals surface area (Å²) in [6.45, 7) is 5.66. The number of nitro benzene ring substituents is 1. The number of hydrogen-bond donors (Lipinski definition) is 1. The Bertz CT molecular complexity index is 473. The van der Waals surface area contributed by atoms with Crippen molar-refractivity contribution in [1.29, 1.82) is 0 Å². The summed E-state index contributed by atoms with van der Waals surface area (Å²) in [6.07, 6.45) is 3.47. The summed E-state index contributed by atoms with van der Waals surface area (Å²) in [5.74, 6) is 0. The lowest BCUT2D eigenvalue weighted by Gasteiger charge is -2.32. The van der Waals surface area contributed by atoms with Crippen molar-refractivity contribution < 1.29 is 4.92 Å². The molecule has 0 saturated carbocycles. The number of nitro groups is 1. The molecule has 1 aromatic rings. The summed E-state index contributed by atoms with van der Waals surface area (Å²) in [6, 6.07) is 5.47. The number of hydrogen-bond acceptors (Lipinski definition) is 4. The third-order valence-electron chi connectivity index (χ3n) is 3.65. The van der Waals surface area contributed by atoms with Crippen molar-refractivity contribution in [2.75, 3.05) is 25.0 Å². The zero-order valence-electron chi connectivity index (χ0n) is 11.6. The van der Waals surface area contributed by atoms with Crippen LogP contribution in [0.25, 0.3) is 0 Å². The van der Waals surface area contributed by atoms with Gasteiger partial charge in [-0.2, -0.15) is 0 Å². The van der Waals surface area contributed by atoms with E-state index in [-0.39, 0.29) is 10.6 Å². The highest BCUT2D eigenvalue weighted by atomic mass is 127. The third-order valence-corrected chi connectivity index (χ3v) is 4.54. The topological polar surface area (TPSA) is 58.4 Å². The molecule has 5 nitrogen and oxygen atoms in total. The van der Waals surface area contributed by atoms with Crippen molar-refractivity contribution in [3.63, 3.8) is 0 Å². The summed E-state index contributed by atoms with van der Waals surface area (Å²) in [5, 5.41) is 14.2. The Morgan fingerprint density at radius 2 is 2.15 bits per heavy atom. The van der Waals surface area contributed by atoms with Crippen molar-refractivity contribution in [3.05, 3.63) is 31.9 Å². The minimum absolute atomic E-state index is 0.151. The van der Waals surface area contributed by atoms with E-state index >= 15 is 0 Å². The average Bonchev–Trinajstić information content (AvgIpc) is 2.43. The highest BCUT2D eigenvalue weighted by Gasteiger charge is 2.19. The second-order valence-electron chi connectivity index (χ2n) is 5.18. The van der Waals surface area contributed by atoms with Crippen LogP contribution >= 0.6 is 22.6 Å². The summed E-state index contributed by atoms with van der Waals surface area (Å²) < 4.78 is 0.910. The molecule has 1 aliphatic heterocycles. The lowest BCUT2D eigenvalue weighted by atomic mass is 10.0. The molecule has 0 aliphatic carbocycles. The molecule has 1 aromatic carbocycles. The highest BCUT2D eigenvalue weighted by molar-refractivity contribution is 14.1. The predicted molar refractivity (Wildman–Crippen MR) is 89.2 cm³/mol. The molecule has 20 heavy (non-hydrogen) atoms. The second kappa shape index (κ2) is 7.21. The number of halogens is 1. The van der Waals surface area contributed by atoms with Crippen molar-refractivity contribution in [2.24, 2.45) is 0 Å². The van der Waals surface area contributed by atoms with E-state index in [9.17, 15) is 10.1 Å². The summed E-state index contributed by atoms with van der Waals surface area (Å²) in [4.78, 5) is 12.9. The third kappa shape index (κ3) is 4.05. The molecule has 0 unspecified atom stereocenters. The molecule has 1 heterocycles. The number of anilines is 1. The van der Waals surface area contributed by atoms with Gasteiger partial charge in [-0.25, -0.2) is 0 Å². The smallest absolute Gasteiger partial charge is 0.270 e. The zero-order valence-corrected chi connectivity index (χ0v) is 13.8. The van der Waals surface area contributed by atoms with Gasteiger partial charge >= 0.3 is 0 Å². The molecule has 0 amide bonds. The molecular formula is C14H20IN3O2. The van der Waals surface area contributed by atoms with Gasteiger partial charge in [-0.1, -0.05) is 6.92 Å². The van der Waals surface area contributed by atoms with E-state index in [2.05, 4.69) is 39.7 Å². The van der Waals surface area contributed by atoms with Crippen LogP contribution in [0.4, 0.5) is 11.4 Å². The maximum absolute atomic E-state index is 10.7. The fraction of sp³-hybridized carbons (Fsp3) is 0.571. The van der Waals surface area contributed by atoms with Gasteiger partial charge in [0.1, 0.15) is 0 Å². The predicted octanol–water partition coefficient (Wildman–Crippen LogP) is 3.49. The van der Waals surface area contributed by atoms with E-state index in [4.69, 9.17) is 0 Å². The number of likely N-dealkylation sites (tertiary alicyclic amines) is 1. The average molecular weight is 389 g/mol. The first kappa shape index (κ1) is 15.5. The van der Waals surface area contributed by atoms with Gasteiger partial charge in [0.25, 0.3) is 5.69 Å². The number of nitrogens with one attached hydrogen (secondary N) is 1. The van der Waals surface area contributed by atoms with E-state index in [1.54, 1.807) is 12.1 Å². The van der Waals surface area contributed by atoms with Gasteiger partial charge in [0.2, 0.25) is 0 Å². The van der Waals surface area contributed by atoms with Crippen LogP contribution in [0.5, 0.6) is 0 Å². The number of benzene rings is 1. The first-order valence-corrected chi connectivity index (χ1v) is 8.11. The molecule has 1 fully saturated rings. The normalized spacial score (nSPS) is 17.1. The first-order chi connectivity index (χ1) is 9.60. The van der Waals surface area contributed by atoms with Gasteiger partial charge in [-0.05, 0) is 54.5 Å². The van der Waals surface area contributed by atoms with Crippen LogP contribution < -0.4 is 5.32 Å². The van der Waals surface area contributed by atoms with Gasteiger partial charge in [0.05, 0.1) is 4.92 Å². The van der Waals surface area contributed by atoms with Crippen LogP contribution in [0.2, 0.25) is 0 Å². The van der Waals surface area contributed by atoms with Crippen molar-refractivity contribution >= 4 is 34.0 Å². The van der Waals surface area contributed by atoms with Crippen LogP contribution in [0.15, 0.2) is 18.2 Å². The Morgan fingerprint density at radius 3 is 2.70 bits per heavy atom. The first-order valence-electron chi connectivity index (χ1n) is 7.03. The Morgan fingerprint density at radius 1 is 1.45 bits per heavy atom. The van der Waals surface area contributed by atoms with Crippen LogP contribution in [0, 0.1) is 13.7 Å². The molecule has 1 saturated heterocycles. The SMILES string of the molecule is CCCN1CCC(Nc2ccc([N+](=O)[O-])cc2I)CC1. The van der Waals surface area contributed by atoms with Gasteiger partial charge in [0, 0.05) is 40.5 Å². The van der Waals surface area contributed by atoms with E-state index in [0.29, 0.717) is 6.04 Å². The van der Waals surface area contributed by atoms with Gasteiger partial charge < -0.3 is 10.2 Å². The summed E-state index contributed by atoms with van der Waals surface area (Å²) in [5.41, 5.74) is 1.16. The molecule has 0 bridgehead atoms. The second-order valence-corrected chi connectivity index (χ2v) is 6.34. The van der Waals surface area contributed by atoms with Gasteiger partial charge in [-0.3, -0.25) is 10.1 Å². The van der Waals surface area contributed by atoms with E-state index in [0.717, 1.165) is 35.2 Å². The minimum Gasteiger partial charge on any atom is -0.381 e. The molecule has 1 aliphatic rings. The largest absolute Gasteiger partial charge is 0.381 e. The Labute approximate surface area is 133 Å². The van der Waals surface area contributed by atoms with Gasteiger partial charge in [0.15, 0.2) is 0 Å². The molecule has 110 valence electrons. The Hall–Kier alpha value is -0.890. The summed E-state index contributed by atoms with van der Waals surface area (Å²) in [7, 11) is 0. The number of nitrogens with zero attached hydrogens (tertiary/aromatic N) is 2. The molecule has 1 N–H and O–H groups in total. The van der Waals surface area contributed by atoms with E-state index in [1.807, 2.05) is 6.07 Å². The maximum atomic E-state index is 10.7. The van der Waals surface area contributed by atoms with Crippen LogP contribution in [0.1, 0.15) is 26.2 Å². The molecule has 0 radical (unpaired) electrons. The quantitative estimate of drug-likeness (QED) is 0.476. The monoisotopic (exact) mass is 389 g/mol. The number of non-ortho nitro benzene ring substituents is 1. The maximum Gasteiger partial charge on any atom is 0.270 e.